The van der Waals surface area contributed by atoms with Crippen molar-refractivity contribution < 1.29 is 8.42 Å². The van der Waals surface area contributed by atoms with Crippen molar-refractivity contribution in [2.24, 2.45) is 0 Å². The molecule has 0 spiro atoms. The minimum Gasteiger partial charge on any atom is -0.367 e. The third kappa shape index (κ3) is 3.93. The van der Waals surface area contributed by atoms with Crippen molar-refractivity contribution in [2.75, 3.05) is 5.32 Å². The Balaban J connectivity index is 1.68. The molecular weight excluding hydrogens is 408 g/mol. The van der Waals surface area contributed by atoms with Gasteiger partial charge in [-0.25, -0.2) is 22.4 Å². The van der Waals surface area contributed by atoms with Crippen LogP contribution in [0.25, 0.3) is 22.4 Å². The first kappa shape index (κ1) is 19.8. The van der Waals surface area contributed by atoms with Crippen molar-refractivity contribution in [3.8, 4) is 11.4 Å². The van der Waals surface area contributed by atoms with Crippen LogP contribution in [0.1, 0.15) is 29.7 Å². The molecule has 31 heavy (non-hydrogen) atoms. The lowest BCUT2D eigenvalue weighted by molar-refractivity contribution is 0.587. The lowest BCUT2D eigenvalue weighted by Gasteiger charge is -2.12. The van der Waals surface area contributed by atoms with Gasteiger partial charge in [0.1, 0.15) is 5.82 Å². The van der Waals surface area contributed by atoms with Crippen molar-refractivity contribution in [2.45, 2.75) is 38.5 Å². The number of hydrogen-bond donors (Lipinski definition) is 1. The molecule has 5 rings (SSSR count). The van der Waals surface area contributed by atoms with E-state index in [1.54, 1.807) is 6.92 Å². The van der Waals surface area contributed by atoms with Gasteiger partial charge in [0, 0.05) is 17.3 Å². The quantitative estimate of drug-likeness (QED) is 0.479. The molecule has 2 heterocycles. The summed E-state index contributed by atoms with van der Waals surface area (Å²) in [5.74, 6) is 1.12. The highest BCUT2D eigenvalue weighted by Gasteiger charge is 2.27. The van der Waals surface area contributed by atoms with Gasteiger partial charge in [-0.2, -0.15) is 0 Å². The zero-order valence-corrected chi connectivity index (χ0v) is 18.4. The van der Waals surface area contributed by atoms with E-state index >= 15 is 0 Å². The van der Waals surface area contributed by atoms with E-state index in [4.69, 9.17) is 9.97 Å². The summed E-state index contributed by atoms with van der Waals surface area (Å²) in [4.78, 5) is 9.50. The standard InChI is InChI=1S/C24H24N4O2S/c1-16-8-10-19(11-9-16)22-26-23(25-20-12-13-20)21-14-17(2)28(24(21)27-22)31(29,30)15-18-6-4-3-5-7-18/h3-11,14,20H,12-13,15H2,1-2H3,(H,25,26,27). The summed E-state index contributed by atoms with van der Waals surface area (Å²) in [6.45, 7) is 3.83. The molecular formula is C24H24N4O2S. The largest absolute Gasteiger partial charge is 0.367 e. The summed E-state index contributed by atoms with van der Waals surface area (Å²) in [5, 5.41) is 4.20. The molecule has 0 unspecified atom stereocenters. The van der Waals surface area contributed by atoms with Gasteiger partial charge in [-0.3, -0.25) is 0 Å². The van der Waals surface area contributed by atoms with Crippen LogP contribution < -0.4 is 5.32 Å². The van der Waals surface area contributed by atoms with E-state index in [1.165, 1.54) is 3.97 Å². The zero-order valence-electron chi connectivity index (χ0n) is 17.5. The predicted octanol–water partition coefficient (Wildman–Crippen LogP) is 4.67. The third-order valence-electron chi connectivity index (χ3n) is 5.49. The number of aryl methyl sites for hydroxylation is 2. The normalized spacial score (nSPS) is 14.1. The van der Waals surface area contributed by atoms with Crippen molar-refractivity contribution in [1.82, 2.24) is 13.9 Å². The highest BCUT2D eigenvalue weighted by molar-refractivity contribution is 7.89. The number of fused-ring (bicyclic) bond motifs is 1. The van der Waals surface area contributed by atoms with Crippen LogP contribution in [-0.4, -0.2) is 28.4 Å². The molecule has 1 aliphatic carbocycles. The second-order valence-corrected chi connectivity index (χ2v) is 10.0. The average molecular weight is 433 g/mol. The maximum atomic E-state index is 13.4. The molecule has 0 saturated heterocycles. The van der Waals surface area contributed by atoms with Gasteiger partial charge in [-0.15, -0.1) is 0 Å². The van der Waals surface area contributed by atoms with Gasteiger partial charge in [-0.05, 0) is 38.3 Å². The Labute approximate surface area is 182 Å². The number of nitrogens with one attached hydrogen (secondary N) is 1. The van der Waals surface area contributed by atoms with Crippen molar-refractivity contribution in [3.63, 3.8) is 0 Å². The predicted molar refractivity (Wildman–Crippen MR) is 124 cm³/mol. The lowest BCUT2D eigenvalue weighted by Crippen LogP contribution is -2.17. The van der Waals surface area contributed by atoms with Crippen LogP contribution >= 0.6 is 0 Å². The molecule has 0 atom stereocenters. The number of hydrogen-bond acceptors (Lipinski definition) is 5. The van der Waals surface area contributed by atoms with Gasteiger partial charge < -0.3 is 5.32 Å². The highest BCUT2D eigenvalue weighted by atomic mass is 32.2. The molecule has 1 saturated carbocycles. The fourth-order valence-electron chi connectivity index (χ4n) is 3.74. The Morgan fingerprint density at radius 3 is 2.39 bits per heavy atom. The fourth-order valence-corrected chi connectivity index (χ4v) is 5.38. The van der Waals surface area contributed by atoms with Gasteiger partial charge >= 0.3 is 0 Å². The maximum Gasteiger partial charge on any atom is 0.244 e. The monoisotopic (exact) mass is 432 g/mol. The number of anilines is 1. The molecule has 2 aromatic carbocycles. The van der Waals surface area contributed by atoms with Crippen LogP contribution in [0, 0.1) is 13.8 Å². The smallest absolute Gasteiger partial charge is 0.244 e. The molecule has 4 aromatic rings. The van der Waals surface area contributed by atoms with Crippen LogP contribution in [0.15, 0.2) is 60.7 Å². The molecule has 7 heteroatoms. The number of benzene rings is 2. The Kier molecular flexibility index (Phi) is 4.78. The van der Waals surface area contributed by atoms with Gasteiger partial charge in [-0.1, -0.05) is 60.2 Å². The highest BCUT2D eigenvalue weighted by Crippen LogP contribution is 2.33. The summed E-state index contributed by atoms with van der Waals surface area (Å²) in [6.07, 6.45) is 2.19. The van der Waals surface area contributed by atoms with E-state index in [0.29, 0.717) is 29.0 Å². The first-order chi connectivity index (χ1) is 14.9. The number of aromatic nitrogens is 3. The SMILES string of the molecule is Cc1ccc(-c2nc(NC3CC3)c3cc(C)n(S(=O)(=O)Cc4ccccc4)c3n2)cc1. The van der Waals surface area contributed by atoms with Gasteiger partial charge in [0.05, 0.1) is 11.1 Å². The first-order valence-corrected chi connectivity index (χ1v) is 12.0. The van der Waals surface area contributed by atoms with E-state index < -0.39 is 10.0 Å². The van der Waals surface area contributed by atoms with Crippen LogP contribution in [0.2, 0.25) is 0 Å². The molecule has 0 amide bonds. The minimum absolute atomic E-state index is 0.0896. The van der Waals surface area contributed by atoms with Crippen molar-refractivity contribution in [3.05, 3.63) is 77.5 Å². The van der Waals surface area contributed by atoms with E-state index in [1.807, 2.05) is 67.6 Å². The Hall–Kier alpha value is -3.19. The van der Waals surface area contributed by atoms with Crippen molar-refractivity contribution >= 4 is 26.9 Å². The minimum atomic E-state index is -3.66. The lowest BCUT2D eigenvalue weighted by atomic mass is 10.1. The Morgan fingerprint density at radius 1 is 1.00 bits per heavy atom. The summed E-state index contributed by atoms with van der Waals surface area (Å²) in [6, 6.07) is 19.4. The fraction of sp³-hybridized carbons (Fsp3) is 0.250. The summed E-state index contributed by atoms with van der Waals surface area (Å²) in [7, 11) is -3.66. The molecule has 2 aromatic heterocycles. The second kappa shape index (κ2) is 7.50. The van der Waals surface area contributed by atoms with Crippen LogP contribution in [0.3, 0.4) is 0 Å². The Morgan fingerprint density at radius 2 is 1.71 bits per heavy atom. The van der Waals surface area contributed by atoms with E-state index in [0.717, 1.165) is 34.9 Å². The van der Waals surface area contributed by atoms with Crippen molar-refractivity contribution in [1.29, 1.82) is 0 Å². The third-order valence-corrected chi connectivity index (χ3v) is 7.20. The van der Waals surface area contributed by atoms with Crippen LogP contribution in [0.5, 0.6) is 0 Å². The van der Waals surface area contributed by atoms with Crippen LogP contribution in [-0.2, 0) is 15.8 Å². The summed E-state index contributed by atoms with van der Waals surface area (Å²) < 4.78 is 28.2. The molecule has 158 valence electrons. The molecule has 0 radical (unpaired) electrons. The van der Waals surface area contributed by atoms with E-state index in [-0.39, 0.29) is 5.75 Å². The van der Waals surface area contributed by atoms with Gasteiger partial charge in [0.15, 0.2) is 11.5 Å². The van der Waals surface area contributed by atoms with E-state index in [2.05, 4.69) is 5.32 Å². The zero-order chi connectivity index (χ0) is 21.6. The second-order valence-electron chi connectivity index (χ2n) is 8.21. The number of nitrogens with zero attached hydrogens (tertiary/aromatic N) is 3. The molecule has 1 N–H and O–H groups in total. The maximum absolute atomic E-state index is 13.4. The molecule has 6 nitrogen and oxygen atoms in total. The summed E-state index contributed by atoms with van der Waals surface area (Å²) in [5.41, 5.74) is 3.79. The molecule has 0 bridgehead atoms. The Bertz CT molecular complexity index is 1360. The molecule has 1 fully saturated rings. The topological polar surface area (TPSA) is 76.9 Å². The summed E-state index contributed by atoms with van der Waals surface area (Å²) >= 11 is 0. The van der Waals surface area contributed by atoms with Gasteiger partial charge in [0.25, 0.3) is 0 Å². The van der Waals surface area contributed by atoms with Gasteiger partial charge in [0.2, 0.25) is 10.0 Å². The molecule has 0 aliphatic heterocycles. The van der Waals surface area contributed by atoms with Crippen LogP contribution in [0.4, 0.5) is 5.82 Å². The average Bonchev–Trinajstić information content (AvgIpc) is 3.48. The molecule has 1 aliphatic rings. The number of rotatable bonds is 6. The first-order valence-electron chi connectivity index (χ1n) is 10.4. The van der Waals surface area contributed by atoms with E-state index in [9.17, 15) is 8.42 Å².